The number of aliphatic hydroxyl groups is 2. The molecule has 0 heterocycles. The molecule has 132 valence electrons. The second kappa shape index (κ2) is 14.0. The van der Waals surface area contributed by atoms with E-state index in [1.807, 2.05) is 0 Å². The zero-order valence-corrected chi connectivity index (χ0v) is 14.6. The van der Waals surface area contributed by atoms with Crippen molar-refractivity contribution in [3.8, 4) is 0 Å². The second-order valence-corrected chi connectivity index (χ2v) is 6.56. The van der Waals surface area contributed by atoms with Gasteiger partial charge in [0.1, 0.15) is 0 Å². The van der Waals surface area contributed by atoms with Gasteiger partial charge in [0.25, 0.3) is 0 Å². The van der Waals surface area contributed by atoms with Crippen molar-refractivity contribution in [3.63, 3.8) is 0 Å². The maximum absolute atomic E-state index is 11.5. The fourth-order valence-electron chi connectivity index (χ4n) is 2.29. The van der Waals surface area contributed by atoms with Gasteiger partial charge in [0.05, 0.1) is 18.8 Å². The van der Waals surface area contributed by atoms with Crippen molar-refractivity contribution in [2.24, 2.45) is 0 Å². The maximum atomic E-state index is 11.5. The third kappa shape index (κ3) is 14.3. The van der Waals surface area contributed by atoms with Crippen LogP contribution in [0.15, 0.2) is 0 Å². The average molecular weight is 316 g/mol. The Bertz CT molecular complexity index is 264. The number of unbranched alkanes of at least 4 members (excludes halogenated alkanes) is 9. The molecule has 0 saturated carbocycles. The van der Waals surface area contributed by atoms with Gasteiger partial charge in [-0.3, -0.25) is 4.79 Å². The molecule has 4 nitrogen and oxygen atoms in total. The Balaban J connectivity index is 3.28. The Morgan fingerprint density at radius 1 is 0.955 bits per heavy atom. The van der Waals surface area contributed by atoms with Gasteiger partial charge in [0.15, 0.2) is 0 Å². The van der Waals surface area contributed by atoms with Crippen molar-refractivity contribution >= 4 is 5.97 Å². The molecule has 22 heavy (non-hydrogen) atoms. The summed E-state index contributed by atoms with van der Waals surface area (Å²) < 4.78 is 5.05. The van der Waals surface area contributed by atoms with Crippen molar-refractivity contribution < 1.29 is 19.7 Å². The van der Waals surface area contributed by atoms with Crippen molar-refractivity contribution in [2.75, 3.05) is 13.2 Å². The lowest BCUT2D eigenvalue weighted by molar-refractivity contribution is -0.145. The van der Waals surface area contributed by atoms with E-state index < -0.39 is 5.60 Å². The number of carbonyl (C=O) groups excluding carboxylic acids is 1. The molecular formula is C18H36O4. The highest BCUT2D eigenvalue weighted by Gasteiger charge is 2.19. The number of esters is 1. The number of carbonyl (C=O) groups is 1. The molecule has 4 heteroatoms. The zero-order valence-electron chi connectivity index (χ0n) is 14.6. The van der Waals surface area contributed by atoms with E-state index in [2.05, 4.69) is 6.92 Å². The van der Waals surface area contributed by atoms with Gasteiger partial charge < -0.3 is 14.9 Å². The first-order valence-electron chi connectivity index (χ1n) is 9.00. The molecule has 0 aromatic carbocycles. The molecule has 0 spiro atoms. The third-order valence-electron chi connectivity index (χ3n) is 3.98. The molecule has 0 radical (unpaired) electrons. The summed E-state index contributed by atoms with van der Waals surface area (Å²) in [6, 6.07) is 0. The van der Waals surface area contributed by atoms with Crippen LogP contribution < -0.4 is 0 Å². The lowest BCUT2D eigenvalue weighted by atomic mass is 10.1. The molecule has 0 fully saturated rings. The number of aliphatic hydroxyl groups excluding tert-OH is 1. The first-order chi connectivity index (χ1) is 10.5. The summed E-state index contributed by atoms with van der Waals surface area (Å²) in [5.41, 5.74) is -1.16. The van der Waals surface area contributed by atoms with E-state index in [9.17, 15) is 9.90 Å². The first-order valence-corrected chi connectivity index (χ1v) is 9.00. The molecule has 0 aliphatic heterocycles. The van der Waals surface area contributed by atoms with Crippen LogP contribution in [-0.2, 0) is 9.53 Å². The maximum Gasteiger partial charge on any atom is 0.305 e. The molecule has 0 rings (SSSR count). The van der Waals surface area contributed by atoms with Crippen molar-refractivity contribution in [1.29, 1.82) is 0 Å². The van der Waals surface area contributed by atoms with E-state index in [1.165, 1.54) is 58.3 Å². The second-order valence-electron chi connectivity index (χ2n) is 6.56. The van der Waals surface area contributed by atoms with Gasteiger partial charge in [-0.25, -0.2) is 0 Å². The van der Waals surface area contributed by atoms with Crippen molar-refractivity contribution in [3.05, 3.63) is 0 Å². The smallest absolute Gasteiger partial charge is 0.305 e. The SMILES string of the molecule is CCCCCCCCCCCCC(=O)OCCC(C)(O)CO. The standard InChI is InChI=1S/C18H36O4/c1-3-4-5-6-7-8-9-10-11-12-13-17(20)22-15-14-18(2,21)16-19/h19,21H,3-16H2,1-2H3. The highest BCUT2D eigenvalue weighted by atomic mass is 16.5. The predicted octanol–water partition coefficient (Wildman–Crippen LogP) is 3.97. The normalized spacial score (nSPS) is 13.8. The van der Waals surface area contributed by atoms with Crippen LogP contribution in [0, 0.1) is 0 Å². The summed E-state index contributed by atoms with van der Waals surface area (Å²) >= 11 is 0. The largest absolute Gasteiger partial charge is 0.466 e. The van der Waals surface area contributed by atoms with Gasteiger partial charge in [0.2, 0.25) is 0 Å². The minimum absolute atomic E-state index is 0.171. The van der Waals surface area contributed by atoms with Crippen LogP contribution >= 0.6 is 0 Å². The molecule has 0 saturated heterocycles. The zero-order chi connectivity index (χ0) is 16.7. The molecule has 0 bridgehead atoms. The van der Waals surface area contributed by atoms with Crippen LogP contribution in [0.1, 0.15) is 90.9 Å². The summed E-state index contributed by atoms with van der Waals surface area (Å²) in [7, 11) is 0. The van der Waals surface area contributed by atoms with Crippen molar-refractivity contribution in [1.82, 2.24) is 0 Å². The number of rotatable bonds is 15. The van der Waals surface area contributed by atoms with Crippen LogP contribution in [0.3, 0.4) is 0 Å². The Hall–Kier alpha value is -0.610. The third-order valence-corrected chi connectivity index (χ3v) is 3.98. The van der Waals surface area contributed by atoms with E-state index in [1.54, 1.807) is 0 Å². The minimum atomic E-state index is -1.16. The molecule has 0 aromatic heterocycles. The highest BCUT2D eigenvalue weighted by molar-refractivity contribution is 5.69. The van der Waals surface area contributed by atoms with Gasteiger partial charge >= 0.3 is 5.97 Å². The number of hydrogen-bond donors (Lipinski definition) is 2. The summed E-state index contributed by atoms with van der Waals surface area (Å²) in [5, 5.41) is 18.4. The van der Waals surface area contributed by atoms with Gasteiger partial charge in [-0.2, -0.15) is 0 Å². The highest BCUT2D eigenvalue weighted by Crippen LogP contribution is 2.12. The van der Waals surface area contributed by atoms with E-state index in [0.29, 0.717) is 6.42 Å². The molecule has 0 aliphatic carbocycles. The fraction of sp³-hybridized carbons (Fsp3) is 0.944. The quantitative estimate of drug-likeness (QED) is 0.354. The monoisotopic (exact) mass is 316 g/mol. The molecule has 2 N–H and O–H groups in total. The first kappa shape index (κ1) is 21.4. The van der Waals surface area contributed by atoms with E-state index >= 15 is 0 Å². The fourth-order valence-corrected chi connectivity index (χ4v) is 2.29. The van der Waals surface area contributed by atoms with Crippen LogP contribution in [0.25, 0.3) is 0 Å². The minimum Gasteiger partial charge on any atom is -0.466 e. The van der Waals surface area contributed by atoms with Gasteiger partial charge in [-0.05, 0) is 13.3 Å². The molecule has 0 amide bonds. The van der Waals surface area contributed by atoms with Crippen molar-refractivity contribution in [2.45, 2.75) is 96.5 Å². The Morgan fingerprint density at radius 3 is 1.95 bits per heavy atom. The topological polar surface area (TPSA) is 66.8 Å². The van der Waals surface area contributed by atoms with Crippen LogP contribution in [0.4, 0.5) is 0 Å². The summed E-state index contributed by atoms with van der Waals surface area (Å²) in [4.78, 5) is 11.5. The molecular weight excluding hydrogens is 280 g/mol. The van der Waals surface area contributed by atoms with Crippen LogP contribution in [0.2, 0.25) is 0 Å². The lowest BCUT2D eigenvalue weighted by Gasteiger charge is -2.19. The van der Waals surface area contributed by atoms with E-state index in [-0.39, 0.29) is 25.6 Å². The Labute approximate surface area is 136 Å². The Kier molecular flexibility index (Phi) is 13.6. The van der Waals surface area contributed by atoms with Crippen LogP contribution in [0.5, 0.6) is 0 Å². The Morgan fingerprint density at radius 2 is 1.45 bits per heavy atom. The number of hydrogen-bond acceptors (Lipinski definition) is 4. The summed E-state index contributed by atoms with van der Waals surface area (Å²) in [6.07, 6.45) is 13.2. The van der Waals surface area contributed by atoms with Gasteiger partial charge in [-0.1, -0.05) is 64.7 Å². The summed E-state index contributed by atoms with van der Waals surface area (Å²) in [6.45, 7) is 3.62. The lowest BCUT2D eigenvalue weighted by Crippen LogP contribution is -2.30. The molecule has 0 aromatic rings. The van der Waals surface area contributed by atoms with Crippen LogP contribution in [-0.4, -0.2) is 35.0 Å². The van der Waals surface area contributed by atoms with E-state index in [4.69, 9.17) is 9.84 Å². The van der Waals surface area contributed by atoms with Gasteiger partial charge in [-0.15, -0.1) is 0 Å². The molecule has 0 aliphatic rings. The summed E-state index contributed by atoms with van der Waals surface area (Å²) in [5.74, 6) is -0.201. The number of ether oxygens (including phenoxy) is 1. The predicted molar refractivity (Wildman–Crippen MR) is 89.7 cm³/mol. The molecule has 1 atom stereocenters. The van der Waals surface area contributed by atoms with E-state index in [0.717, 1.165) is 12.8 Å². The average Bonchev–Trinajstić information content (AvgIpc) is 2.49. The molecule has 1 unspecified atom stereocenters. The van der Waals surface area contributed by atoms with Gasteiger partial charge in [0, 0.05) is 12.8 Å².